The minimum absolute atomic E-state index is 0.148. The van der Waals surface area contributed by atoms with E-state index in [1.807, 2.05) is 13.8 Å². The third-order valence-electron chi connectivity index (χ3n) is 1.78. The van der Waals surface area contributed by atoms with Gasteiger partial charge in [0, 0.05) is 12.5 Å². The Morgan fingerprint density at radius 2 is 2.09 bits per heavy atom. The van der Waals surface area contributed by atoms with E-state index in [0.717, 1.165) is 6.42 Å². The van der Waals surface area contributed by atoms with Crippen LogP contribution in [0.2, 0.25) is 0 Å². The number of carboxylic acids is 1. The molecule has 0 fully saturated rings. The summed E-state index contributed by atoms with van der Waals surface area (Å²) in [6.07, 6.45) is 1.74. The van der Waals surface area contributed by atoms with E-state index < -0.39 is 5.97 Å². The zero-order chi connectivity index (χ0) is 8.85. The fraction of sp³-hybridized carbons (Fsp3) is 0.875. The van der Waals surface area contributed by atoms with E-state index in [1.165, 1.54) is 0 Å². The van der Waals surface area contributed by atoms with Crippen molar-refractivity contribution in [2.75, 3.05) is 0 Å². The van der Waals surface area contributed by atoms with Crippen LogP contribution in [-0.4, -0.2) is 17.1 Å². The number of nitrogens with two attached hydrogens (primary N) is 1. The Morgan fingerprint density at radius 1 is 1.55 bits per heavy atom. The summed E-state index contributed by atoms with van der Waals surface area (Å²) in [7, 11) is 0. The number of carboxylic acid groups (broad SMARTS) is 1. The lowest BCUT2D eigenvalue weighted by Gasteiger charge is -2.13. The minimum Gasteiger partial charge on any atom is -0.481 e. The third-order valence-corrected chi connectivity index (χ3v) is 1.78. The normalized spacial score (nSPS) is 13.5. The molecule has 0 radical (unpaired) electrons. The summed E-state index contributed by atoms with van der Waals surface area (Å²) in [6.45, 7) is 4.09. The van der Waals surface area contributed by atoms with Crippen molar-refractivity contribution in [3.8, 4) is 0 Å². The summed E-state index contributed by atoms with van der Waals surface area (Å²) >= 11 is 0. The van der Waals surface area contributed by atoms with Gasteiger partial charge in [-0.25, -0.2) is 0 Å². The molecule has 3 N–H and O–H groups in total. The first-order valence-corrected chi connectivity index (χ1v) is 4.01. The van der Waals surface area contributed by atoms with Crippen LogP contribution >= 0.6 is 0 Å². The molecule has 0 aromatic carbocycles. The number of carbonyl (C=O) groups is 1. The molecular formula is C8H17NO2. The molecule has 0 aliphatic rings. The van der Waals surface area contributed by atoms with Crippen molar-refractivity contribution in [3.63, 3.8) is 0 Å². The van der Waals surface area contributed by atoms with E-state index in [2.05, 4.69) is 0 Å². The van der Waals surface area contributed by atoms with Crippen LogP contribution < -0.4 is 5.73 Å². The fourth-order valence-corrected chi connectivity index (χ4v) is 0.822. The van der Waals surface area contributed by atoms with Crippen LogP contribution in [0.15, 0.2) is 0 Å². The quantitative estimate of drug-likeness (QED) is 0.634. The molecule has 0 saturated carbocycles. The van der Waals surface area contributed by atoms with Gasteiger partial charge in [0.2, 0.25) is 0 Å². The summed E-state index contributed by atoms with van der Waals surface area (Å²) in [4.78, 5) is 10.1. The molecule has 0 bridgehead atoms. The highest BCUT2D eigenvalue weighted by Gasteiger charge is 2.07. The van der Waals surface area contributed by atoms with Crippen molar-refractivity contribution in [2.24, 2.45) is 11.7 Å². The van der Waals surface area contributed by atoms with Crippen LogP contribution in [0.25, 0.3) is 0 Å². The summed E-state index contributed by atoms with van der Waals surface area (Å²) in [5.41, 5.74) is 5.71. The van der Waals surface area contributed by atoms with Gasteiger partial charge in [-0.15, -0.1) is 0 Å². The van der Waals surface area contributed by atoms with Crippen LogP contribution in [0.5, 0.6) is 0 Å². The average Bonchev–Trinajstić information content (AvgIpc) is 1.86. The van der Waals surface area contributed by atoms with Gasteiger partial charge in [-0.1, -0.05) is 13.8 Å². The maximum atomic E-state index is 10.1. The molecule has 0 aromatic rings. The van der Waals surface area contributed by atoms with Gasteiger partial charge < -0.3 is 10.8 Å². The zero-order valence-corrected chi connectivity index (χ0v) is 7.21. The Morgan fingerprint density at radius 3 is 2.45 bits per heavy atom. The van der Waals surface area contributed by atoms with E-state index in [9.17, 15) is 4.79 Å². The predicted molar refractivity (Wildman–Crippen MR) is 44.3 cm³/mol. The van der Waals surface area contributed by atoms with E-state index >= 15 is 0 Å². The van der Waals surface area contributed by atoms with Crippen LogP contribution in [0.1, 0.15) is 33.1 Å². The van der Waals surface area contributed by atoms with Crippen molar-refractivity contribution in [3.05, 3.63) is 0 Å². The molecule has 3 nitrogen and oxygen atoms in total. The standard InChI is InChI=1S/C8H17NO2/c1-6(2)7(9)4-3-5-8(10)11/h6-7H,3-5,9H2,1-2H3,(H,10,11)/t7-/m1/s1. The lowest BCUT2D eigenvalue weighted by atomic mass is 10.00. The predicted octanol–water partition coefficient (Wildman–Crippen LogP) is 1.22. The molecule has 11 heavy (non-hydrogen) atoms. The van der Waals surface area contributed by atoms with Crippen LogP contribution in [0.3, 0.4) is 0 Å². The highest BCUT2D eigenvalue weighted by molar-refractivity contribution is 5.66. The Labute approximate surface area is 67.6 Å². The molecule has 0 heterocycles. The Kier molecular flexibility index (Phi) is 4.86. The zero-order valence-electron chi connectivity index (χ0n) is 7.21. The highest BCUT2D eigenvalue weighted by Crippen LogP contribution is 2.06. The molecule has 1 atom stereocenters. The number of hydrogen-bond acceptors (Lipinski definition) is 2. The summed E-state index contributed by atoms with van der Waals surface area (Å²) in [5, 5.41) is 8.32. The van der Waals surface area contributed by atoms with Crippen molar-refractivity contribution in [1.29, 1.82) is 0 Å². The molecule has 3 heteroatoms. The Hall–Kier alpha value is -0.570. The second kappa shape index (κ2) is 5.13. The van der Waals surface area contributed by atoms with E-state index in [1.54, 1.807) is 0 Å². The maximum Gasteiger partial charge on any atom is 0.303 e. The Bertz CT molecular complexity index is 123. The lowest BCUT2D eigenvalue weighted by Crippen LogP contribution is -2.26. The molecular weight excluding hydrogens is 142 g/mol. The van der Waals surface area contributed by atoms with Crippen molar-refractivity contribution < 1.29 is 9.90 Å². The van der Waals surface area contributed by atoms with Gasteiger partial charge in [0.15, 0.2) is 0 Å². The van der Waals surface area contributed by atoms with Crippen LogP contribution in [0, 0.1) is 5.92 Å². The average molecular weight is 159 g/mol. The first kappa shape index (κ1) is 10.4. The largest absolute Gasteiger partial charge is 0.481 e. The van der Waals surface area contributed by atoms with Crippen LogP contribution in [-0.2, 0) is 4.79 Å². The van der Waals surface area contributed by atoms with Gasteiger partial charge in [0.25, 0.3) is 0 Å². The molecule has 0 spiro atoms. The minimum atomic E-state index is -0.735. The number of rotatable bonds is 5. The van der Waals surface area contributed by atoms with Crippen molar-refractivity contribution in [2.45, 2.75) is 39.2 Å². The van der Waals surface area contributed by atoms with E-state index in [-0.39, 0.29) is 12.5 Å². The second-order valence-electron chi connectivity index (χ2n) is 3.19. The van der Waals surface area contributed by atoms with Gasteiger partial charge in [-0.05, 0) is 18.8 Å². The van der Waals surface area contributed by atoms with Gasteiger partial charge in [-0.2, -0.15) is 0 Å². The van der Waals surface area contributed by atoms with Crippen molar-refractivity contribution in [1.82, 2.24) is 0 Å². The van der Waals surface area contributed by atoms with Crippen LogP contribution in [0.4, 0.5) is 0 Å². The smallest absolute Gasteiger partial charge is 0.303 e. The molecule has 0 aromatic heterocycles. The molecule has 0 saturated heterocycles. The summed E-state index contributed by atoms with van der Waals surface area (Å²) < 4.78 is 0. The molecule has 0 rings (SSSR count). The topological polar surface area (TPSA) is 63.3 Å². The van der Waals surface area contributed by atoms with E-state index in [4.69, 9.17) is 10.8 Å². The van der Waals surface area contributed by atoms with Crippen molar-refractivity contribution >= 4 is 5.97 Å². The number of hydrogen-bond donors (Lipinski definition) is 2. The molecule has 0 unspecified atom stereocenters. The Balaban J connectivity index is 3.31. The maximum absolute atomic E-state index is 10.1. The van der Waals surface area contributed by atoms with Gasteiger partial charge >= 0.3 is 5.97 Å². The van der Waals surface area contributed by atoms with Gasteiger partial charge in [0.05, 0.1) is 0 Å². The SMILES string of the molecule is CC(C)[C@H](N)CCCC(=O)O. The fourth-order valence-electron chi connectivity index (χ4n) is 0.822. The second-order valence-corrected chi connectivity index (χ2v) is 3.19. The first-order valence-electron chi connectivity index (χ1n) is 4.01. The molecule has 0 amide bonds. The molecule has 66 valence electrons. The lowest BCUT2D eigenvalue weighted by molar-refractivity contribution is -0.137. The first-order chi connectivity index (χ1) is 5.04. The summed E-state index contributed by atoms with van der Waals surface area (Å²) in [6, 6.07) is 0.148. The third kappa shape index (κ3) is 5.85. The monoisotopic (exact) mass is 159 g/mol. The van der Waals surface area contributed by atoms with Gasteiger partial charge in [-0.3, -0.25) is 4.79 Å². The van der Waals surface area contributed by atoms with E-state index in [0.29, 0.717) is 12.3 Å². The highest BCUT2D eigenvalue weighted by atomic mass is 16.4. The number of aliphatic carboxylic acids is 1. The van der Waals surface area contributed by atoms with Gasteiger partial charge in [0.1, 0.15) is 0 Å². The molecule has 0 aliphatic carbocycles. The summed E-state index contributed by atoms with van der Waals surface area (Å²) in [5.74, 6) is -0.287. The molecule has 0 aliphatic heterocycles.